The molecule has 0 aliphatic heterocycles. The van der Waals surface area contributed by atoms with Crippen molar-refractivity contribution in [3.8, 4) is 0 Å². The van der Waals surface area contributed by atoms with Gasteiger partial charge in [-0.3, -0.25) is 4.79 Å². The second-order valence-electron chi connectivity index (χ2n) is 3.42. The molecule has 0 saturated carbocycles. The van der Waals surface area contributed by atoms with Gasteiger partial charge in [-0.1, -0.05) is 0 Å². The summed E-state index contributed by atoms with van der Waals surface area (Å²) >= 11 is 0. The molecule has 0 spiro atoms. The number of anilines is 2. The Kier molecular flexibility index (Phi) is 3.05. The lowest BCUT2D eigenvalue weighted by molar-refractivity contribution is 0.0695. The maximum atomic E-state index is 12.6. The number of carboxylic acid groups (broad SMARTS) is 1. The van der Waals surface area contributed by atoms with Crippen LogP contribution in [0.15, 0.2) is 35.4 Å². The number of nitrogens with one attached hydrogen (secondary N) is 2. The SMILES string of the molecule is O=C(O)c1c[nH]c(Nc2ccc(F)cn2)cc1=O. The molecule has 0 amide bonds. The Bertz CT molecular complexity index is 637. The molecule has 7 heteroatoms. The maximum absolute atomic E-state index is 12.6. The van der Waals surface area contributed by atoms with Crippen LogP contribution < -0.4 is 10.7 Å². The van der Waals surface area contributed by atoms with Crippen LogP contribution in [0.2, 0.25) is 0 Å². The summed E-state index contributed by atoms with van der Waals surface area (Å²) in [6.45, 7) is 0. The summed E-state index contributed by atoms with van der Waals surface area (Å²) in [6, 6.07) is 3.69. The second kappa shape index (κ2) is 4.66. The topological polar surface area (TPSA) is 95.1 Å². The van der Waals surface area contributed by atoms with Crippen molar-refractivity contribution in [2.45, 2.75) is 0 Å². The fraction of sp³-hybridized carbons (Fsp3) is 0. The Morgan fingerprint density at radius 3 is 2.78 bits per heavy atom. The van der Waals surface area contributed by atoms with E-state index in [0.29, 0.717) is 5.82 Å². The van der Waals surface area contributed by atoms with E-state index in [2.05, 4.69) is 15.3 Å². The van der Waals surface area contributed by atoms with E-state index in [4.69, 9.17) is 5.11 Å². The number of hydrogen-bond donors (Lipinski definition) is 3. The van der Waals surface area contributed by atoms with Crippen LogP contribution in [0.3, 0.4) is 0 Å². The van der Waals surface area contributed by atoms with Gasteiger partial charge in [-0.15, -0.1) is 0 Å². The van der Waals surface area contributed by atoms with Gasteiger partial charge >= 0.3 is 5.97 Å². The largest absolute Gasteiger partial charge is 0.477 e. The zero-order valence-electron chi connectivity index (χ0n) is 8.98. The van der Waals surface area contributed by atoms with E-state index in [1.807, 2.05) is 0 Å². The van der Waals surface area contributed by atoms with Gasteiger partial charge in [0.15, 0.2) is 5.43 Å². The molecule has 2 heterocycles. The Labute approximate surface area is 100 Å². The zero-order chi connectivity index (χ0) is 13.1. The number of halogens is 1. The van der Waals surface area contributed by atoms with Crippen molar-refractivity contribution in [3.05, 3.63) is 52.2 Å². The molecule has 6 nitrogen and oxygen atoms in total. The Morgan fingerprint density at radius 2 is 2.22 bits per heavy atom. The molecular weight excluding hydrogens is 241 g/mol. The maximum Gasteiger partial charge on any atom is 0.341 e. The van der Waals surface area contributed by atoms with Crippen LogP contribution in [0.25, 0.3) is 0 Å². The van der Waals surface area contributed by atoms with E-state index >= 15 is 0 Å². The summed E-state index contributed by atoms with van der Waals surface area (Å²) in [5, 5.41) is 11.4. The van der Waals surface area contributed by atoms with Gasteiger partial charge in [0, 0.05) is 12.3 Å². The number of rotatable bonds is 3. The van der Waals surface area contributed by atoms with Gasteiger partial charge in [0.2, 0.25) is 0 Å². The summed E-state index contributed by atoms with van der Waals surface area (Å²) in [4.78, 5) is 28.4. The molecule has 0 unspecified atom stereocenters. The molecule has 0 radical (unpaired) electrons. The third-order valence-corrected chi connectivity index (χ3v) is 2.13. The van der Waals surface area contributed by atoms with Crippen LogP contribution in [-0.2, 0) is 0 Å². The first-order valence-corrected chi connectivity index (χ1v) is 4.91. The molecule has 0 aliphatic carbocycles. The number of carboxylic acids is 1. The number of aromatic nitrogens is 2. The molecule has 0 bridgehead atoms. The number of aromatic amines is 1. The molecule has 0 aliphatic rings. The van der Waals surface area contributed by atoms with Crippen molar-refractivity contribution >= 4 is 17.6 Å². The average molecular weight is 249 g/mol. The zero-order valence-corrected chi connectivity index (χ0v) is 8.98. The third kappa shape index (κ3) is 2.51. The van der Waals surface area contributed by atoms with E-state index in [-0.39, 0.29) is 11.4 Å². The van der Waals surface area contributed by atoms with Crippen molar-refractivity contribution in [2.75, 3.05) is 5.32 Å². The molecule has 0 aromatic carbocycles. The fourth-order valence-electron chi connectivity index (χ4n) is 1.30. The predicted molar refractivity (Wildman–Crippen MR) is 61.5 cm³/mol. The van der Waals surface area contributed by atoms with Gasteiger partial charge in [-0.05, 0) is 12.1 Å². The highest BCUT2D eigenvalue weighted by Crippen LogP contribution is 2.10. The van der Waals surface area contributed by atoms with Crippen molar-refractivity contribution in [2.24, 2.45) is 0 Å². The van der Waals surface area contributed by atoms with Gasteiger partial charge in [0.05, 0.1) is 6.20 Å². The first-order valence-electron chi connectivity index (χ1n) is 4.91. The average Bonchev–Trinajstić information content (AvgIpc) is 2.32. The minimum absolute atomic E-state index is 0.268. The number of H-pyrrole nitrogens is 1. The lowest BCUT2D eigenvalue weighted by Crippen LogP contribution is -2.15. The minimum Gasteiger partial charge on any atom is -0.477 e. The molecule has 2 aromatic rings. The number of carbonyl (C=O) groups is 1. The van der Waals surface area contributed by atoms with Crippen LogP contribution in [0, 0.1) is 5.82 Å². The monoisotopic (exact) mass is 249 g/mol. The lowest BCUT2D eigenvalue weighted by Gasteiger charge is -2.05. The smallest absolute Gasteiger partial charge is 0.341 e. The van der Waals surface area contributed by atoms with Crippen molar-refractivity contribution < 1.29 is 14.3 Å². The van der Waals surface area contributed by atoms with Crippen LogP contribution in [-0.4, -0.2) is 21.0 Å². The second-order valence-corrected chi connectivity index (χ2v) is 3.42. The minimum atomic E-state index is -1.30. The Morgan fingerprint density at radius 1 is 1.44 bits per heavy atom. The van der Waals surface area contributed by atoms with Crippen molar-refractivity contribution in [3.63, 3.8) is 0 Å². The summed E-state index contributed by atoms with van der Waals surface area (Å²) in [5.41, 5.74) is -0.988. The van der Waals surface area contributed by atoms with Crippen molar-refractivity contribution in [1.82, 2.24) is 9.97 Å². The van der Waals surface area contributed by atoms with Crippen LogP contribution >= 0.6 is 0 Å². The highest BCUT2D eigenvalue weighted by atomic mass is 19.1. The summed E-state index contributed by atoms with van der Waals surface area (Å²) in [6.07, 6.45) is 2.10. The van der Waals surface area contributed by atoms with Crippen LogP contribution in [0.4, 0.5) is 16.0 Å². The molecule has 0 fully saturated rings. The summed E-state index contributed by atoms with van der Waals surface area (Å²) in [5.74, 6) is -1.18. The number of aromatic carboxylic acids is 1. The highest BCUT2D eigenvalue weighted by Gasteiger charge is 2.08. The van der Waals surface area contributed by atoms with E-state index in [0.717, 1.165) is 18.5 Å². The third-order valence-electron chi connectivity index (χ3n) is 2.13. The molecular formula is C11H8FN3O3. The quantitative estimate of drug-likeness (QED) is 0.763. The van der Waals surface area contributed by atoms with Gasteiger partial charge < -0.3 is 15.4 Å². The lowest BCUT2D eigenvalue weighted by atomic mass is 10.3. The van der Waals surface area contributed by atoms with E-state index in [9.17, 15) is 14.0 Å². The van der Waals surface area contributed by atoms with Crippen LogP contribution in [0.1, 0.15) is 10.4 Å². The molecule has 0 saturated heterocycles. The summed E-state index contributed by atoms with van der Waals surface area (Å²) < 4.78 is 12.6. The van der Waals surface area contributed by atoms with E-state index in [1.165, 1.54) is 12.1 Å². The number of nitrogens with zero attached hydrogens (tertiary/aromatic N) is 1. The van der Waals surface area contributed by atoms with E-state index in [1.54, 1.807) is 0 Å². The molecule has 92 valence electrons. The van der Waals surface area contributed by atoms with Gasteiger partial charge in [-0.2, -0.15) is 0 Å². The number of pyridine rings is 2. The van der Waals surface area contributed by atoms with Crippen LogP contribution in [0.5, 0.6) is 0 Å². The molecule has 2 aromatic heterocycles. The first kappa shape index (κ1) is 11.8. The Balaban J connectivity index is 2.25. The van der Waals surface area contributed by atoms with Crippen molar-refractivity contribution in [1.29, 1.82) is 0 Å². The fourth-order valence-corrected chi connectivity index (χ4v) is 1.30. The van der Waals surface area contributed by atoms with E-state index < -0.39 is 17.2 Å². The standard InChI is InChI=1S/C11H8FN3O3/c12-6-1-2-9(13-4-6)15-10-3-8(16)7(5-14-10)11(17)18/h1-5H,(H,17,18)(H2,13,14,15,16). The van der Waals surface area contributed by atoms with Gasteiger partial charge in [0.1, 0.15) is 23.0 Å². The van der Waals surface area contributed by atoms with Gasteiger partial charge in [-0.25, -0.2) is 14.2 Å². The molecule has 3 N–H and O–H groups in total. The molecule has 2 rings (SSSR count). The summed E-state index contributed by atoms with van der Waals surface area (Å²) in [7, 11) is 0. The molecule has 18 heavy (non-hydrogen) atoms. The first-order chi connectivity index (χ1) is 8.56. The van der Waals surface area contributed by atoms with Gasteiger partial charge in [0.25, 0.3) is 0 Å². The Hall–Kier alpha value is -2.70. The molecule has 0 atom stereocenters. The highest BCUT2D eigenvalue weighted by molar-refractivity contribution is 5.87. The predicted octanol–water partition coefficient (Wildman–Crippen LogP) is 1.35. The number of hydrogen-bond acceptors (Lipinski definition) is 4. The normalized spacial score (nSPS) is 10.1.